The maximum Gasteiger partial charge on any atom is 0.324 e. The van der Waals surface area contributed by atoms with Crippen LogP contribution in [0.2, 0.25) is 0 Å². The van der Waals surface area contributed by atoms with Gasteiger partial charge in [-0.3, -0.25) is 4.79 Å². The molecule has 1 aromatic carbocycles. The quantitative estimate of drug-likeness (QED) is 0.663. The minimum atomic E-state index is -1.08. The van der Waals surface area contributed by atoms with E-state index in [1.165, 1.54) is 18.2 Å². The number of aliphatic carboxylic acids is 1. The van der Waals surface area contributed by atoms with Gasteiger partial charge < -0.3 is 15.9 Å². The van der Waals surface area contributed by atoms with Crippen molar-refractivity contribution in [1.82, 2.24) is 0 Å². The molecule has 0 amide bonds. The fraction of sp³-hybridized carbons (Fsp3) is 0.100. The predicted molar refractivity (Wildman–Crippen MR) is 52.8 cm³/mol. The molecule has 14 heavy (non-hydrogen) atoms. The number of carbonyl (C=O) groups is 1. The van der Waals surface area contributed by atoms with Crippen molar-refractivity contribution in [3.05, 3.63) is 35.9 Å². The lowest BCUT2D eigenvalue weighted by Gasteiger charge is -1.98. The van der Waals surface area contributed by atoms with Crippen molar-refractivity contribution < 1.29 is 15.0 Å². The van der Waals surface area contributed by atoms with Crippen LogP contribution in [0.15, 0.2) is 30.3 Å². The third kappa shape index (κ3) is 2.91. The van der Waals surface area contributed by atoms with Crippen LogP contribution in [0.5, 0.6) is 5.75 Å². The molecule has 0 fully saturated rings. The number of rotatable bonds is 3. The number of nitrogens with two attached hydrogens (primary N) is 1. The second-order valence-corrected chi connectivity index (χ2v) is 2.82. The first-order chi connectivity index (χ1) is 6.59. The maximum atomic E-state index is 10.4. The second-order valence-electron chi connectivity index (χ2n) is 2.82. The van der Waals surface area contributed by atoms with Crippen LogP contribution in [0.3, 0.4) is 0 Å². The first kappa shape index (κ1) is 10.3. The molecule has 0 aromatic heterocycles. The van der Waals surface area contributed by atoms with Crippen LogP contribution in [0, 0.1) is 0 Å². The molecule has 0 bridgehead atoms. The molecule has 4 heteroatoms. The molecule has 0 aliphatic carbocycles. The molecule has 0 saturated carbocycles. The Morgan fingerprint density at radius 3 is 2.79 bits per heavy atom. The van der Waals surface area contributed by atoms with Gasteiger partial charge in [0.25, 0.3) is 0 Å². The maximum absolute atomic E-state index is 10.4. The largest absolute Gasteiger partial charge is 0.508 e. The van der Waals surface area contributed by atoms with Crippen molar-refractivity contribution in [1.29, 1.82) is 0 Å². The highest BCUT2D eigenvalue weighted by Crippen LogP contribution is 2.12. The summed E-state index contributed by atoms with van der Waals surface area (Å²) in [6, 6.07) is 5.45. The lowest BCUT2D eigenvalue weighted by molar-refractivity contribution is -0.137. The molecule has 0 aliphatic rings. The fourth-order valence-electron chi connectivity index (χ4n) is 0.926. The summed E-state index contributed by atoms with van der Waals surface area (Å²) >= 11 is 0. The van der Waals surface area contributed by atoms with Crippen molar-refractivity contribution in [3.8, 4) is 5.75 Å². The van der Waals surface area contributed by atoms with Gasteiger partial charge in [0.2, 0.25) is 0 Å². The van der Waals surface area contributed by atoms with Gasteiger partial charge in [-0.2, -0.15) is 0 Å². The summed E-state index contributed by atoms with van der Waals surface area (Å²) in [5.74, 6) is -0.947. The van der Waals surface area contributed by atoms with Crippen molar-refractivity contribution in [2.75, 3.05) is 0 Å². The third-order valence-corrected chi connectivity index (χ3v) is 1.65. The summed E-state index contributed by atoms with van der Waals surface area (Å²) < 4.78 is 0. The first-order valence-corrected chi connectivity index (χ1v) is 4.05. The minimum Gasteiger partial charge on any atom is -0.508 e. The monoisotopic (exact) mass is 193 g/mol. The lowest BCUT2D eigenvalue weighted by Crippen LogP contribution is -2.27. The normalized spacial score (nSPS) is 12.9. The van der Waals surface area contributed by atoms with Gasteiger partial charge in [0.05, 0.1) is 0 Å². The van der Waals surface area contributed by atoms with Gasteiger partial charge in [0.1, 0.15) is 11.8 Å². The van der Waals surface area contributed by atoms with E-state index in [0.29, 0.717) is 5.56 Å². The average Bonchev–Trinajstić information content (AvgIpc) is 2.14. The van der Waals surface area contributed by atoms with E-state index >= 15 is 0 Å². The third-order valence-electron chi connectivity index (χ3n) is 1.65. The van der Waals surface area contributed by atoms with E-state index in [2.05, 4.69) is 0 Å². The van der Waals surface area contributed by atoms with E-state index in [-0.39, 0.29) is 5.75 Å². The van der Waals surface area contributed by atoms with Crippen molar-refractivity contribution in [2.24, 2.45) is 5.73 Å². The van der Waals surface area contributed by atoms with Gasteiger partial charge >= 0.3 is 5.97 Å². The number of phenolic OH excluding ortho intramolecular Hbond substituents is 1. The van der Waals surface area contributed by atoms with Gasteiger partial charge in [-0.25, -0.2) is 0 Å². The fourth-order valence-corrected chi connectivity index (χ4v) is 0.926. The van der Waals surface area contributed by atoms with E-state index in [0.717, 1.165) is 0 Å². The molecule has 0 radical (unpaired) electrons. The number of hydrogen-bond donors (Lipinski definition) is 3. The SMILES string of the molecule is NC(/C=C/c1cccc(O)c1)C(=O)O. The van der Waals surface area contributed by atoms with Crippen LogP contribution in [0.1, 0.15) is 5.56 Å². The van der Waals surface area contributed by atoms with Gasteiger partial charge in [-0.1, -0.05) is 24.3 Å². The molecule has 1 atom stereocenters. The summed E-state index contributed by atoms with van der Waals surface area (Å²) in [6.07, 6.45) is 2.91. The number of phenols is 1. The van der Waals surface area contributed by atoms with Gasteiger partial charge in [0.15, 0.2) is 0 Å². The Kier molecular flexibility index (Phi) is 3.25. The Balaban J connectivity index is 2.73. The minimum absolute atomic E-state index is 0.135. The molecule has 0 spiro atoms. The highest BCUT2D eigenvalue weighted by molar-refractivity contribution is 5.77. The number of carboxylic acids is 1. The Bertz CT molecular complexity index is 360. The topological polar surface area (TPSA) is 83.5 Å². The molecule has 1 unspecified atom stereocenters. The highest BCUT2D eigenvalue weighted by atomic mass is 16.4. The van der Waals surface area contributed by atoms with E-state index in [1.807, 2.05) is 0 Å². The smallest absolute Gasteiger partial charge is 0.324 e. The molecule has 4 nitrogen and oxygen atoms in total. The zero-order chi connectivity index (χ0) is 10.6. The summed E-state index contributed by atoms with van der Waals surface area (Å²) in [7, 11) is 0. The van der Waals surface area contributed by atoms with Crippen LogP contribution in [0.25, 0.3) is 6.08 Å². The van der Waals surface area contributed by atoms with E-state index in [1.54, 1.807) is 18.2 Å². The Morgan fingerprint density at radius 1 is 1.50 bits per heavy atom. The standard InChI is InChI=1S/C10H11NO3/c11-9(10(13)14)5-4-7-2-1-3-8(12)6-7/h1-6,9,12H,11H2,(H,13,14)/b5-4+. The summed E-state index contributed by atoms with van der Waals surface area (Å²) in [6.45, 7) is 0. The summed E-state index contributed by atoms with van der Waals surface area (Å²) in [4.78, 5) is 10.4. The van der Waals surface area contributed by atoms with Crippen LogP contribution in [-0.4, -0.2) is 22.2 Å². The molecular formula is C10H11NO3. The van der Waals surface area contributed by atoms with Crippen molar-refractivity contribution in [3.63, 3.8) is 0 Å². The first-order valence-electron chi connectivity index (χ1n) is 4.05. The molecule has 0 aliphatic heterocycles. The van der Waals surface area contributed by atoms with Crippen molar-refractivity contribution >= 4 is 12.0 Å². The van der Waals surface area contributed by atoms with Crippen molar-refractivity contribution in [2.45, 2.75) is 6.04 Å². The Hall–Kier alpha value is -1.81. The number of aromatic hydroxyl groups is 1. The van der Waals surface area contributed by atoms with Gasteiger partial charge in [-0.05, 0) is 17.7 Å². The summed E-state index contributed by atoms with van der Waals surface area (Å²) in [5.41, 5.74) is 5.96. The van der Waals surface area contributed by atoms with E-state index in [4.69, 9.17) is 15.9 Å². The number of carboxylic acid groups (broad SMARTS) is 1. The van der Waals surface area contributed by atoms with Gasteiger partial charge in [-0.15, -0.1) is 0 Å². The molecule has 0 saturated heterocycles. The molecule has 0 heterocycles. The molecule has 74 valence electrons. The summed E-state index contributed by atoms with van der Waals surface area (Å²) in [5, 5.41) is 17.6. The van der Waals surface area contributed by atoms with Crippen LogP contribution in [0.4, 0.5) is 0 Å². The Labute approximate surface area is 81.3 Å². The van der Waals surface area contributed by atoms with E-state index < -0.39 is 12.0 Å². The molecule has 1 rings (SSSR count). The second kappa shape index (κ2) is 4.43. The number of benzene rings is 1. The van der Waals surface area contributed by atoms with Crippen LogP contribution in [-0.2, 0) is 4.79 Å². The molecule has 1 aromatic rings. The molecule has 4 N–H and O–H groups in total. The number of hydrogen-bond acceptors (Lipinski definition) is 3. The van der Waals surface area contributed by atoms with Crippen LogP contribution < -0.4 is 5.73 Å². The average molecular weight is 193 g/mol. The predicted octanol–water partition coefficient (Wildman–Crippen LogP) is 0.817. The van der Waals surface area contributed by atoms with Crippen LogP contribution >= 0.6 is 0 Å². The lowest BCUT2D eigenvalue weighted by atomic mass is 10.1. The van der Waals surface area contributed by atoms with Gasteiger partial charge in [0, 0.05) is 0 Å². The zero-order valence-corrected chi connectivity index (χ0v) is 7.42. The molecular weight excluding hydrogens is 182 g/mol. The van der Waals surface area contributed by atoms with E-state index in [9.17, 15) is 4.79 Å². The highest BCUT2D eigenvalue weighted by Gasteiger charge is 2.05. The zero-order valence-electron chi connectivity index (χ0n) is 7.42. The Morgan fingerprint density at radius 2 is 2.21 bits per heavy atom.